The largest absolute Gasteiger partial charge is 0.341 e. The number of hydrogen-bond donors (Lipinski definition) is 0. The number of carbonyl (C=O) groups is 3. The van der Waals surface area contributed by atoms with E-state index in [1.54, 1.807) is 29.2 Å². The van der Waals surface area contributed by atoms with E-state index in [1.165, 1.54) is 4.90 Å². The highest BCUT2D eigenvalue weighted by molar-refractivity contribution is 6.22. The van der Waals surface area contributed by atoms with E-state index in [1.807, 2.05) is 20.8 Å². The maximum absolute atomic E-state index is 13.1. The standard InChI is InChI=1S/C20H28N2O3/c1-5-7-12-21(6-2)20(25)17(13-14(3)4)22-18(23)15-10-8-9-11-16(15)19(22)24/h8-11,14,17H,5-7,12-13H2,1-4H3. The number of imide groups is 1. The van der Waals surface area contributed by atoms with E-state index >= 15 is 0 Å². The van der Waals surface area contributed by atoms with Crippen molar-refractivity contribution in [3.63, 3.8) is 0 Å². The molecule has 1 unspecified atom stereocenters. The van der Waals surface area contributed by atoms with Gasteiger partial charge in [-0.3, -0.25) is 19.3 Å². The van der Waals surface area contributed by atoms with Crippen LogP contribution in [0.5, 0.6) is 0 Å². The van der Waals surface area contributed by atoms with Gasteiger partial charge in [0, 0.05) is 13.1 Å². The topological polar surface area (TPSA) is 57.7 Å². The van der Waals surface area contributed by atoms with Crippen molar-refractivity contribution in [2.24, 2.45) is 5.92 Å². The molecule has 0 aromatic heterocycles. The molecular weight excluding hydrogens is 316 g/mol. The summed E-state index contributed by atoms with van der Waals surface area (Å²) >= 11 is 0. The first kappa shape index (κ1) is 19.2. The number of amides is 3. The molecule has 0 bridgehead atoms. The Morgan fingerprint density at radius 2 is 1.64 bits per heavy atom. The van der Waals surface area contributed by atoms with Gasteiger partial charge in [-0.15, -0.1) is 0 Å². The molecule has 0 spiro atoms. The third kappa shape index (κ3) is 3.91. The lowest BCUT2D eigenvalue weighted by molar-refractivity contribution is -0.135. The molecule has 0 saturated carbocycles. The lowest BCUT2D eigenvalue weighted by Crippen LogP contribution is -2.51. The zero-order chi connectivity index (χ0) is 18.6. The molecule has 1 aromatic rings. The highest BCUT2D eigenvalue weighted by Gasteiger charge is 2.43. The van der Waals surface area contributed by atoms with Gasteiger partial charge in [0.15, 0.2) is 0 Å². The van der Waals surface area contributed by atoms with Crippen LogP contribution in [0.15, 0.2) is 24.3 Å². The molecule has 25 heavy (non-hydrogen) atoms. The summed E-state index contributed by atoms with van der Waals surface area (Å²) in [5.74, 6) is -0.639. The monoisotopic (exact) mass is 344 g/mol. The van der Waals surface area contributed by atoms with Crippen molar-refractivity contribution in [3.8, 4) is 0 Å². The van der Waals surface area contributed by atoms with Gasteiger partial charge < -0.3 is 4.90 Å². The van der Waals surface area contributed by atoms with Crippen molar-refractivity contribution in [1.29, 1.82) is 0 Å². The molecule has 136 valence electrons. The molecule has 1 aromatic carbocycles. The molecule has 3 amide bonds. The molecule has 2 rings (SSSR count). The predicted octanol–water partition coefficient (Wildman–Crippen LogP) is 3.35. The Balaban J connectivity index is 2.33. The molecule has 0 N–H and O–H groups in total. The van der Waals surface area contributed by atoms with Gasteiger partial charge >= 0.3 is 0 Å². The van der Waals surface area contributed by atoms with Gasteiger partial charge in [0.1, 0.15) is 6.04 Å². The first-order valence-corrected chi connectivity index (χ1v) is 9.18. The summed E-state index contributed by atoms with van der Waals surface area (Å²) < 4.78 is 0. The van der Waals surface area contributed by atoms with Crippen LogP contribution in [0.25, 0.3) is 0 Å². The Morgan fingerprint density at radius 1 is 1.08 bits per heavy atom. The van der Waals surface area contributed by atoms with Gasteiger partial charge in [0.25, 0.3) is 11.8 Å². The predicted molar refractivity (Wildman–Crippen MR) is 97.3 cm³/mol. The average molecular weight is 344 g/mol. The van der Waals surface area contributed by atoms with Gasteiger partial charge in [-0.25, -0.2) is 0 Å². The summed E-state index contributed by atoms with van der Waals surface area (Å²) in [5, 5.41) is 0. The molecule has 1 heterocycles. The highest BCUT2D eigenvalue weighted by Crippen LogP contribution is 2.27. The number of nitrogens with zero attached hydrogens (tertiary/aromatic N) is 2. The van der Waals surface area contributed by atoms with E-state index in [4.69, 9.17) is 0 Å². The smallest absolute Gasteiger partial charge is 0.262 e. The van der Waals surface area contributed by atoms with Crippen LogP contribution in [-0.2, 0) is 4.79 Å². The van der Waals surface area contributed by atoms with E-state index in [-0.39, 0.29) is 23.6 Å². The van der Waals surface area contributed by atoms with E-state index in [0.29, 0.717) is 30.6 Å². The van der Waals surface area contributed by atoms with Gasteiger partial charge in [0.2, 0.25) is 5.91 Å². The fourth-order valence-electron chi connectivity index (χ4n) is 3.24. The van der Waals surface area contributed by atoms with E-state index in [2.05, 4.69) is 6.92 Å². The summed E-state index contributed by atoms with van der Waals surface area (Å²) in [5.41, 5.74) is 0.788. The quantitative estimate of drug-likeness (QED) is 0.680. The van der Waals surface area contributed by atoms with Crippen molar-refractivity contribution >= 4 is 17.7 Å². The van der Waals surface area contributed by atoms with Crippen LogP contribution in [0.2, 0.25) is 0 Å². The Labute approximate surface area is 150 Å². The normalized spacial score (nSPS) is 14.8. The molecule has 0 fully saturated rings. The third-order valence-electron chi connectivity index (χ3n) is 4.59. The Morgan fingerprint density at radius 3 is 2.08 bits per heavy atom. The summed E-state index contributed by atoms with van der Waals surface area (Å²) in [7, 11) is 0. The number of benzene rings is 1. The van der Waals surface area contributed by atoms with Gasteiger partial charge in [-0.2, -0.15) is 0 Å². The van der Waals surface area contributed by atoms with Gasteiger partial charge in [0.05, 0.1) is 11.1 Å². The lowest BCUT2D eigenvalue weighted by atomic mass is 10.0. The Bertz CT molecular complexity index is 619. The molecule has 5 nitrogen and oxygen atoms in total. The molecule has 1 aliphatic heterocycles. The van der Waals surface area contributed by atoms with E-state index in [0.717, 1.165) is 12.8 Å². The van der Waals surface area contributed by atoms with Crippen LogP contribution in [0.4, 0.5) is 0 Å². The maximum Gasteiger partial charge on any atom is 0.262 e. The van der Waals surface area contributed by atoms with E-state index < -0.39 is 6.04 Å². The van der Waals surface area contributed by atoms with Crippen molar-refractivity contribution in [2.75, 3.05) is 13.1 Å². The van der Waals surface area contributed by atoms with Gasteiger partial charge in [-0.1, -0.05) is 39.3 Å². The maximum atomic E-state index is 13.1. The number of hydrogen-bond acceptors (Lipinski definition) is 3. The van der Waals surface area contributed by atoms with Crippen molar-refractivity contribution in [2.45, 2.75) is 53.0 Å². The zero-order valence-corrected chi connectivity index (χ0v) is 15.6. The number of likely N-dealkylation sites (N-methyl/N-ethyl adjacent to an activating group) is 1. The van der Waals surface area contributed by atoms with Crippen molar-refractivity contribution in [3.05, 3.63) is 35.4 Å². The molecule has 0 aliphatic carbocycles. The number of unbranched alkanes of at least 4 members (excludes halogenated alkanes) is 1. The van der Waals surface area contributed by atoms with Crippen molar-refractivity contribution in [1.82, 2.24) is 9.80 Å². The fourth-order valence-corrected chi connectivity index (χ4v) is 3.24. The molecule has 5 heteroatoms. The minimum Gasteiger partial charge on any atom is -0.341 e. The van der Waals surface area contributed by atoms with Crippen LogP contribution in [0.1, 0.15) is 67.7 Å². The van der Waals surface area contributed by atoms with Crippen LogP contribution < -0.4 is 0 Å². The molecule has 1 atom stereocenters. The Kier molecular flexibility index (Phi) is 6.34. The molecule has 0 radical (unpaired) electrons. The number of carbonyl (C=O) groups excluding carboxylic acids is 3. The minimum absolute atomic E-state index is 0.126. The summed E-state index contributed by atoms with van der Waals surface area (Å²) in [6.07, 6.45) is 2.38. The summed E-state index contributed by atoms with van der Waals surface area (Å²) in [4.78, 5) is 41.7. The summed E-state index contributed by atoms with van der Waals surface area (Å²) in [6.45, 7) is 9.25. The lowest BCUT2D eigenvalue weighted by Gasteiger charge is -2.32. The second-order valence-corrected chi connectivity index (χ2v) is 6.94. The zero-order valence-electron chi connectivity index (χ0n) is 15.6. The molecule has 0 saturated heterocycles. The van der Waals surface area contributed by atoms with Crippen molar-refractivity contribution < 1.29 is 14.4 Å². The average Bonchev–Trinajstić information content (AvgIpc) is 2.85. The minimum atomic E-state index is -0.732. The fraction of sp³-hybridized carbons (Fsp3) is 0.550. The Hall–Kier alpha value is -2.17. The number of fused-ring (bicyclic) bond motifs is 1. The second kappa shape index (κ2) is 8.28. The van der Waals surface area contributed by atoms with Crippen LogP contribution in [0.3, 0.4) is 0 Å². The molecular formula is C20H28N2O3. The first-order chi connectivity index (χ1) is 11.9. The van der Waals surface area contributed by atoms with E-state index in [9.17, 15) is 14.4 Å². The number of rotatable bonds is 8. The first-order valence-electron chi connectivity index (χ1n) is 9.18. The van der Waals surface area contributed by atoms with Gasteiger partial charge in [-0.05, 0) is 37.8 Å². The van der Waals surface area contributed by atoms with Crippen LogP contribution in [0, 0.1) is 5.92 Å². The molecule has 1 aliphatic rings. The van der Waals surface area contributed by atoms with Crippen LogP contribution in [-0.4, -0.2) is 46.7 Å². The summed E-state index contributed by atoms with van der Waals surface area (Å²) in [6, 6.07) is 6.06. The highest BCUT2D eigenvalue weighted by atomic mass is 16.2. The SMILES string of the molecule is CCCCN(CC)C(=O)C(CC(C)C)N1C(=O)c2ccccc2C1=O. The van der Waals surface area contributed by atoms with Crippen LogP contribution >= 0.6 is 0 Å². The second-order valence-electron chi connectivity index (χ2n) is 6.94. The third-order valence-corrected chi connectivity index (χ3v) is 4.59.